The molecule has 5 heteroatoms. The minimum Gasteiger partial charge on any atom is -0.432 e. The van der Waals surface area contributed by atoms with Crippen LogP contribution in [0.4, 0.5) is 0 Å². The molecule has 100 valence electrons. The van der Waals surface area contributed by atoms with Gasteiger partial charge in [-0.15, -0.1) is 0 Å². The standard InChI is InChI=1S/C13H20NO2PS/c1-9(2)12-7-10(3)5-6-13(12)16-17(18)14-11(4)8-15-17/h5-7,9,11H,8H2,1-4H3,(H,14,18)/t11-,17?/m0/s1. The number of benzene rings is 1. The van der Waals surface area contributed by atoms with E-state index in [0.717, 1.165) is 5.75 Å². The van der Waals surface area contributed by atoms with Crippen LogP contribution in [0.5, 0.6) is 5.75 Å². The summed E-state index contributed by atoms with van der Waals surface area (Å²) >= 11 is 5.46. The predicted octanol–water partition coefficient (Wildman–Crippen LogP) is 3.73. The zero-order valence-corrected chi connectivity index (χ0v) is 13.0. The van der Waals surface area contributed by atoms with Crippen LogP contribution in [0.15, 0.2) is 18.2 Å². The predicted molar refractivity (Wildman–Crippen MR) is 78.7 cm³/mol. The Hall–Kier alpha value is -0.410. The third-order valence-corrected chi connectivity index (χ3v) is 5.42. The fourth-order valence-electron chi connectivity index (χ4n) is 1.94. The summed E-state index contributed by atoms with van der Waals surface area (Å²) in [5, 5.41) is 3.24. The zero-order chi connectivity index (χ0) is 13.3. The van der Waals surface area contributed by atoms with E-state index in [2.05, 4.69) is 38.8 Å². The van der Waals surface area contributed by atoms with E-state index in [4.69, 9.17) is 20.9 Å². The van der Waals surface area contributed by atoms with E-state index in [1.807, 2.05) is 12.1 Å². The number of aryl methyl sites for hydroxylation is 1. The summed E-state index contributed by atoms with van der Waals surface area (Å²) in [4.78, 5) is 0. The van der Waals surface area contributed by atoms with Crippen LogP contribution in [-0.4, -0.2) is 12.6 Å². The van der Waals surface area contributed by atoms with Gasteiger partial charge in [-0.25, -0.2) is 5.09 Å². The largest absolute Gasteiger partial charge is 0.432 e. The smallest absolute Gasteiger partial charge is 0.313 e. The molecular formula is C13H20NO2PS. The molecule has 0 aliphatic carbocycles. The van der Waals surface area contributed by atoms with Gasteiger partial charge in [0.2, 0.25) is 0 Å². The van der Waals surface area contributed by atoms with Gasteiger partial charge in [0.05, 0.1) is 6.61 Å². The Morgan fingerprint density at radius 1 is 1.50 bits per heavy atom. The first-order valence-corrected chi connectivity index (χ1v) is 8.86. The van der Waals surface area contributed by atoms with Crippen molar-refractivity contribution >= 4 is 18.4 Å². The van der Waals surface area contributed by atoms with E-state index < -0.39 is 6.64 Å². The van der Waals surface area contributed by atoms with Gasteiger partial charge in [-0.1, -0.05) is 31.5 Å². The Labute approximate surface area is 114 Å². The maximum absolute atomic E-state index is 5.97. The molecule has 0 aromatic heterocycles. The molecular weight excluding hydrogens is 265 g/mol. The van der Waals surface area contributed by atoms with Crippen LogP contribution >= 0.6 is 6.64 Å². The van der Waals surface area contributed by atoms with Crippen molar-refractivity contribution in [2.75, 3.05) is 6.61 Å². The van der Waals surface area contributed by atoms with Gasteiger partial charge in [0.25, 0.3) is 0 Å². The summed E-state index contributed by atoms with van der Waals surface area (Å²) in [6, 6.07) is 6.46. The molecule has 1 aliphatic rings. The average Bonchev–Trinajstić information content (AvgIpc) is 2.61. The highest BCUT2D eigenvalue weighted by atomic mass is 32.5. The van der Waals surface area contributed by atoms with Gasteiger partial charge < -0.3 is 9.05 Å². The normalized spacial score (nSPS) is 27.7. The topological polar surface area (TPSA) is 30.5 Å². The molecule has 1 aliphatic heterocycles. The Kier molecular flexibility index (Phi) is 4.12. The molecule has 1 aromatic carbocycles. The van der Waals surface area contributed by atoms with E-state index >= 15 is 0 Å². The lowest BCUT2D eigenvalue weighted by Gasteiger charge is -2.20. The van der Waals surface area contributed by atoms with Crippen LogP contribution in [0, 0.1) is 6.92 Å². The van der Waals surface area contributed by atoms with Crippen LogP contribution in [0.25, 0.3) is 0 Å². The summed E-state index contributed by atoms with van der Waals surface area (Å²) in [5.41, 5.74) is 2.42. The van der Waals surface area contributed by atoms with E-state index in [1.165, 1.54) is 11.1 Å². The Morgan fingerprint density at radius 2 is 2.22 bits per heavy atom. The monoisotopic (exact) mass is 285 g/mol. The van der Waals surface area contributed by atoms with Gasteiger partial charge in [-0.3, -0.25) is 0 Å². The van der Waals surface area contributed by atoms with E-state index in [-0.39, 0.29) is 6.04 Å². The van der Waals surface area contributed by atoms with Crippen molar-refractivity contribution in [2.45, 2.75) is 39.7 Å². The van der Waals surface area contributed by atoms with Gasteiger partial charge in [0.1, 0.15) is 5.75 Å². The molecule has 1 saturated heterocycles. The van der Waals surface area contributed by atoms with Gasteiger partial charge in [0.15, 0.2) is 0 Å². The van der Waals surface area contributed by atoms with Crippen LogP contribution < -0.4 is 9.61 Å². The molecule has 0 spiro atoms. The SMILES string of the molecule is Cc1ccc(OP2(=S)N[C@@H](C)CO2)c(C(C)C)c1. The maximum Gasteiger partial charge on any atom is 0.313 e. The fourth-order valence-corrected chi connectivity index (χ4v) is 4.54. The van der Waals surface area contributed by atoms with Crippen molar-refractivity contribution in [1.29, 1.82) is 0 Å². The third-order valence-electron chi connectivity index (χ3n) is 2.88. The maximum atomic E-state index is 5.97. The second-order valence-corrected chi connectivity index (χ2v) is 8.25. The Morgan fingerprint density at radius 3 is 2.78 bits per heavy atom. The van der Waals surface area contributed by atoms with Gasteiger partial charge in [0, 0.05) is 6.04 Å². The highest BCUT2D eigenvalue weighted by molar-refractivity contribution is 8.09. The summed E-state index contributed by atoms with van der Waals surface area (Å²) in [6.45, 7) is 6.72. The van der Waals surface area contributed by atoms with Crippen LogP contribution in [0.3, 0.4) is 0 Å². The first-order chi connectivity index (χ1) is 8.39. The molecule has 1 aromatic rings. The van der Waals surface area contributed by atoms with Crippen molar-refractivity contribution in [1.82, 2.24) is 5.09 Å². The molecule has 2 rings (SSSR count). The zero-order valence-electron chi connectivity index (χ0n) is 11.3. The molecule has 1 heterocycles. The minimum atomic E-state index is -2.35. The van der Waals surface area contributed by atoms with Crippen molar-refractivity contribution < 1.29 is 9.05 Å². The number of rotatable bonds is 3. The van der Waals surface area contributed by atoms with Gasteiger partial charge in [-0.2, -0.15) is 0 Å². The van der Waals surface area contributed by atoms with Gasteiger partial charge in [-0.05, 0) is 43.2 Å². The molecule has 0 saturated carbocycles. The number of nitrogens with one attached hydrogen (secondary N) is 1. The van der Waals surface area contributed by atoms with Crippen LogP contribution in [-0.2, 0) is 16.3 Å². The molecule has 18 heavy (non-hydrogen) atoms. The van der Waals surface area contributed by atoms with Crippen LogP contribution in [0.1, 0.15) is 37.8 Å². The second-order valence-electron chi connectivity index (χ2n) is 5.11. The first-order valence-electron chi connectivity index (χ1n) is 6.22. The van der Waals surface area contributed by atoms with Gasteiger partial charge >= 0.3 is 6.64 Å². The molecule has 0 bridgehead atoms. The highest BCUT2D eigenvalue weighted by Crippen LogP contribution is 2.50. The number of hydrogen-bond donors (Lipinski definition) is 1. The summed E-state index contributed by atoms with van der Waals surface area (Å²) in [6.07, 6.45) is 0. The van der Waals surface area contributed by atoms with Crippen molar-refractivity contribution in [3.63, 3.8) is 0 Å². The van der Waals surface area contributed by atoms with Crippen molar-refractivity contribution in [3.05, 3.63) is 29.3 Å². The summed E-state index contributed by atoms with van der Waals surface area (Å²) < 4.78 is 11.6. The lowest BCUT2D eigenvalue weighted by Crippen LogP contribution is -2.18. The summed E-state index contributed by atoms with van der Waals surface area (Å²) in [7, 11) is 0. The molecule has 1 unspecified atom stereocenters. The van der Waals surface area contributed by atoms with E-state index in [9.17, 15) is 0 Å². The molecule has 0 amide bonds. The Bertz CT molecular complexity index is 490. The Balaban J connectivity index is 2.26. The van der Waals surface area contributed by atoms with E-state index in [1.54, 1.807) is 0 Å². The van der Waals surface area contributed by atoms with E-state index in [0.29, 0.717) is 12.5 Å². The minimum absolute atomic E-state index is 0.267. The molecule has 2 atom stereocenters. The van der Waals surface area contributed by atoms with Crippen LogP contribution in [0.2, 0.25) is 0 Å². The molecule has 3 nitrogen and oxygen atoms in total. The molecule has 0 radical (unpaired) electrons. The lowest BCUT2D eigenvalue weighted by atomic mass is 10.0. The first kappa shape index (κ1) is 14.0. The fraction of sp³-hybridized carbons (Fsp3) is 0.538. The molecule has 1 fully saturated rings. The third kappa shape index (κ3) is 3.12. The second kappa shape index (κ2) is 5.30. The summed E-state index contributed by atoms with van der Waals surface area (Å²) in [5.74, 6) is 1.25. The highest BCUT2D eigenvalue weighted by Gasteiger charge is 2.31. The lowest BCUT2D eigenvalue weighted by molar-refractivity contribution is 0.337. The molecule has 1 N–H and O–H groups in total. The van der Waals surface area contributed by atoms with Crippen molar-refractivity contribution in [3.8, 4) is 5.75 Å². The quantitative estimate of drug-likeness (QED) is 0.857. The number of hydrogen-bond acceptors (Lipinski definition) is 3. The average molecular weight is 285 g/mol. The van der Waals surface area contributed by atoms with Crippen molar-refractivity contribution in [2.24, 2.45) is 0 Å².